The summed E-state index contributed by atoms with van der Waals surface area (Å²) in [5, 5.41) is 5.97. The molecule has 34 heavy (non-hydrogen) atoms. The molecule has 5 aromatic rings. The molecule has 0 aliphatic carbocycles. The number of ether oxygens (including phenoxy) is 2. The summed E-state index contributed by atoms with van der Waals surface area (Å²) >= 11 is 12.3. The summed E-state index contributed by atoms with van der Waals surface area (Å²) in [6, 6.07) is 15.0. The topological polar surface area (TPSA) is 105 Å². The average molecular weight is 494 g/mol. The Kier molecular flexibility index (Phi) is 5.69. The molecule has 0 amide bonds. The minimum absolute atomic E-state index is 0.0735. The minimum Gasteiger partial charge on any atom is -0.493 e. The predicted molar refractivity (Wildman–Crippen MR) is 131 cm³/mol. The molecule has 170 valence electrons. The first kappa shape index (κ1) is 21.9. The molecule has 5 rings (SSSR count). The molecule has 0 fully saturated rings. The van der Waals surface area contributed by atoms with Gasteiger partial charge in [-0.05, 0) is 18.2 Å². The Bertz CT molecular complexity index is 1550. The largest absolute Gasteiger partial charge is 0.493 e. The van der Waals surface area contributed by atoms with E-state index >= 15 is 0 Å². The van der Waals surface area contributed by atoms with Gasteiger partial charge in [-0.15, -0.1) is 5.10 Å². The molecular weight excluding hydrogens is 477 g/mol. The third-order valence-electron chi connectivity index (χ3n) is 5.29. The molecule has 0 spiro atoms. The van der Waals surface area contributed by atoms with Crippen molar-refractivity contribution in [1.82, 2.24) is 19.7 Å². The van der Waals surface area contributed by atoms with E-state index in [0.717, 1.165) is 21.3 Å². The number of nitrogens with two attached hydrogens (primary N) is 1. The van der Waals surface area contributed by atoms with E-state index in [0.29, 0.717) is 22.4 Å². The van der Waals surface area contributed by atoms with Crippen molar-refractivity contribution in [2.75, 3.05) is 12.8 Å². The van der Waals surface area contributed by atoms with Crippen molar-refractivity contribution in [3.8, 4) is 11.5 Å². The second-order valence-electron chi connectivity index (χ2n) is 7.38. The van der Waals surface area contributed by atoms with Crippen molar-refractivity contribution in [2.45, 2.75) is 6.61 Å². The average Bonchev–Trinajstić information content (AvgIpc) is 3.17. The van der Waals surface area contributed by atoms with Gasteiger partial charge in [-0.25, -0.2) is 4.98 Å². The first-order valence-electron chi connectivity index (χ1n) is 10.1. The lowest BCUT2D eigenvalue weighted by molar-refractivity contribution is 0.0951. The summed E-state index contributed by atoms with van der Waals surface area (Å²) in [5.74, 6) is 0.425. The Morgan fingerprint density at radius 1 is 1.06 bits per heavy atom. The molecule has 2 N–H and O–H groups in total. The van der Waals surface area contributed by atoms with Gasteiger partial charge in [0.2, 0.25) is 0 Å². The normalized spacial score (nSPS) is 11.1. The zero-order valence-corrected chi connectivity index (χ0v) is 19.3. The zero-order chi connectivity index (χ0) is 23.8. The van der Waals surface area contributed by atoms with Crippen LogP contribution in [-0.4, -0.2) is 32.8 Å². The van der Waals surface area contributed by atoms with E-state index in [-0.39, 0.29) is 28.0 Å². The van der Waals surface area contributed by atoms with Gasteiger partial charge in [0, 0.05) is 29.2 Å². The number of rotatable bonds is 5. The fraction of sp³-hybridized carbons (Fsp3) is 0.0833. The van der Waals surface area contributed by atoms with Gasteiger partial charge in [0.15, 0.2) is 17.3 Å². The lowest BCUT2D eigenvalue weighted by Crippen LogP contribution is -2.15. The van der Waals surface area contributed by atoms with E-state index in [2.05, 4.69) is 15.1 Å². The fourth-order valence-corrected chi connectivity index (χ4v) is 4.16. The van der Waals surface area contributed by atoms with Gasteiger partial charge in [-0.3, -0.25) is 9.78 Å². The van der Waals surface area contributed by atoms with E-state index in [4.69, 9.17) is 38.4 Å². The maximum Gasteiger partial charge on any atom is 0.281 e. The van der Waals surface area contributed by atoms with Crippen molar-refractivity contribution < 1.29 is 14.3 Å². The van der Waals surface area contributed by atoms with E-state index in [1.54, 1.807) is 12.1 Å². The second kappa shape index (κ2) is 8.81. The number of carbonyl (C=O) groups is 1. The summed E-state index contributed by atoms with van der Waals surface area (Å²) in [6.45, 7) is 0.210. The highest BCUT2D eigenvalue weighted by Gasteiger charge is 2.23. The highest BCUT2D eigenvalue weighted by molar-refractivity contribution is 6.39. The lowest BCUT2D eigenvalue weighted by atomic mass is 10.2. The first-order chi connectivity index (χ1) is 16.5. The van der Waals surface area contributed by atoms with Crippen LogP contribution in [0.25, 0.3) is 21.8 Å². The van der Waals surface area contributed by atoms with Gasteiger partial charge in [0.05, 0.1) is 39.4 Å². The molecule has 0 saturated carbocycles. The number of hydrogen-bond acceptors (Lipinski definition) is 7. The van der Waals surface area contributed by atoms with Crippen LogP contribution in [0.15, 0.2) is 60.9 Å². The highest BCUT2D eigenvalue weighted by Crippen LogP contribution is 2.36. The van der Waals surface area contributed by atoms with E-state index in [1.807, 2.05) is 36.4 Å². The van der Waals surface area contributed by atoms with Crippen LogP contribution in [-0.2, 0) is 6.61 Å². The molecule has 0 atom stereocenters. The number of hydrogen-bond donors (Lipinski definition) is 1. The molecule has 0 radical (unpaired) electrons. The number of aromatic nitrogens is 4. The molecular formula is C24H17Cl2N5O3. The van der Waals surface area contributed by atoms with Crippen LogP contribution in [0, 0.1) is 0 Å². The monoisotopic (exact) mass is 493 g/mol. The molecule has 3 aromatic heterocycles. The van der Waals surface area contributed by atoms with Crippen LogP contribution in [0.4, 0.5) is 5.82 Å². The van der Waals surface area contributed by atoms with Crippen molar-refractivity contribution in [1.29, 1.82) is 0 Å². The Labute approximate surface area is 203 Å². The van der Waals surface area contributed by atoms with Crippen molar-refractivity contribution in [2.24, 2.45) is 0 Å². The van der Waals surface area contributed by atoms with Gasteiger partial charge in [0.25, 0.3) is 5.91 Å². The highest BCUT2D eigenvalue weighted by atomic mass is 35.5. The van der Waals surface area contributed by atoms with Crippen molar-refractivity contribution in [3.63, 3.8) is 0 Å². The summed E-state index contributed by atoms with van der Waals surface area (Å²) in [4.78, 5) is 21.7. The first-order valence-corrected chi connectivity index (χ1v) is 10.9. The fourth-order valence-electron chi connectivity index (χ4n) is 3.63. The number of anilines is 1. The summed E-state index contributed by atoms with van der Waals surface area (Å²) < 4.78 is 12.6. The van der Waals surface area contributed by atoms with Crippen molar-refractivity contribution >= 4 is 56.7 Å². The van der Waals surface area contributed by atoms with Crippen LogP contribution < -0.4 is 15.2 Å². The van der Waals surface area contributed by atoms with Gasteiger partial charge >= 0.3 is 0 Å². The molecule has 0 aliphatic rings. The number of para-hydroxylation sites is 1. The number of nitrogens with zero attached hydrogens (tertiary/aromatic N) is 4. The standard InChI is InChI=1S/C24H17Cl2N5O3/c1-33-20-9-19-15(23(27)30-31(19)24(32)22-16(25)10-28-11-17(22)26)8-21(20)34-12-14-7-6-13-4-2-3-5-18(13)29-14/h2-11H,12H2,1H3,(H2,27,30). The zero-order valence-electron chi connectivity index (χ0n) is 17.8. The van der Waals surface area contributed by atoms with E-state index in [9.17, 15) is 4.79 Å². The van der Waals surface area contributed by atoms with Crippen LogP contribution in [0.3, 0.4) is 0 Å². The SMILES string of the molecule is COc1cc2c(cc1OCc1ccc3ccccc3n1)c(N)nn2C(=O)c1c(Cl)cncc1Cl. The Hall–Kier alpha value is -3.88. The molecule has 3 heterocycles. The number of benzene rings is 2. The van der Waals surface area contributed by atoms with Crippen LogP contribution in [0.1, 0.15) is 16.1 Å². The number of halogens is 2. The van der Waals surface area contributed by atoms with Crippen LogP contribution in [0.5, 0.6) is 11.5 Å². The van der Waals surface area contributed by atoms with Crippen LogP contribution >= 0.6 is 23.2 Å². The molecule has 2 aromatic carbocycles. The molecule has 0 aliphatic heterocycles. The van der Waals surface area contributed by atoms with Gasteiger partial charge in [-0.1, -0.05) is 47.5 Å². The van der Waals surface area contributed by atoms with Gasteiger partial charge < -0.3 is 15.2 Å². The second-order valence-corrected chi connectivity index (χ2v) is 8.20. The molecule has 8 nitrogen and oxygen atoms in total. The molecule has 0 bridgehead atoms. The summed E-state index contributed by atoms with van der Waals surface area (Å²) in [5.41, 5.74) is 8.25. The lowest BCUT2D eigenvalue weighted by Gasteiger charge is -2.12. The van der Waals surface area contributed by atoms with Gasteiger partial charge in [-0.2, -0.15) is 4.68 Å². The predicted octanol–water partition coefficient (Wildman–Crippen LogP) is 5.14. The van der Waals surface area contributed by atoms with Crippen LogP contribution in [0.2, 0.25) is 10.0 Å². The molecule has 0 unspecified atom stereocenters. The van der Waals surface area contributed by atoms with Crippen molar-refractivity contribution in [3.05, 3.63) is 82.2 Å². The number of nitrogen functional groups attached to an aromatic ring is 1. The summed E-state index contributed by atoms with van der Waals surface area (Å²) in [6.07, 6.45) is 2.67. The Morgan fingerprint density at radius 2 is 1.82 bits per heavy atom. The summed E-state index contributed by atoms with van der Waals surface area (Å²) in [7, 11) is 1.50. The molecule has 0 saturated heterocycles. The Balaban J connectivity index is 1.50. The Morgan fingerprint density at radius 3 is 2.59 bits per heavy atom. The van der Waals surface area contributed by atoms with Gasteiger partial charge in [0.1, 0.15) is 6.61 Å². The van der Waals surface area contributed by atoms with E-state index in [1.165, 1.54) is 19.5 Å². The molecule has 10 heteroatoms. The number of fused-ring (bicyclic) bond motifs is 2. The number of methoxy groups -OCH3 is 1. The maximum atomic E-state index is 13.2. The third kappa shape index (κ3) is 3.87. The minimum atomic E-state index is -0.546. The number of pyridine rings is 2. The third-order valence-corrected chi connectivity index (χ3v) is 5.86. The quantitative estimate of drug-likeness (QED) is 0.361. The number of carbonyl (C=O) groups excluding carboxylic acids is 1. The van der Waals surface area contributed by atoms with E-state index < -0.39 is 5.91 Å². The maximum absolute atomic E-state index is 13.2. The smallest absolute Gasteiger partial charge is 0.281 e.